The van der Waals surface area contributed by atoms with Crippen LogP contribution in [0.2, 0.25) is 0 Å². The van der Waals surface area contributed by atoms with Crippen LogP contribution in [0.25, 0.3) is 0 Å². The molecule has 1 saturated carbocycles. The Morgan fingerprint density at radius 2 is 2.25 bits per heavy atom. The van der Waals surface area contributed by atoms with Crippen molar-refractivity contribution in [2.24, 2.45) is 0 Å². The molecule has 5 heteroatoms. The maximum atomic E-state index is 12.6. The standard InChI is InChI=1S/C15H18N2O3/c18-10-3-5-12-4-2-8-16-14(12)15(20)17(9-11-19)13-6-1-7-13/h2,4,8,13,18-19H,1,6-7,9-11H2. The van der Waals surface area contributed by atoms with Gasteiger partial charge in [-0.3, -0.25) is 4.79 Å². The zero-order valence-corrected chi connectivity index (χ0v) is 11.2. The van der Waals surface area contributed by atoms with Crippen molar-refractivity contribution in [3.63, 3.8) is 0 Å². The predicted octanol–water partition coefficient (Wildman–Crippen LogP) is 0.412. The molecule has 20 heavy (non-hydrogen) atoms. The number of pyridine rings is 1. The first-order valence-electron chi connectivity index (χ1n) is 6.74. The molecule has 5 nitrogen and oxygen atoms in total. The normalized spacial score (nSPS) is 14.1. The van der Waals surface area contributed by atoms with Crippen molar-refractivity contribution in [3.8, 4) is 11.8 Å². The second kappa shape index (κ2) is 7.04. The van der Waals surface area contributed by atoms with E-state index in [-0.39, 0.29) is 30.9 Å². The number of aliphatic hydroxyl groups is 2. The van der Waals surface area contributed by atoms with Crippen LogP contribution in [-0.4, -0.2) is 51.8 Å². The Hall–Kier alpha value is -1.90. The number of amides is 1. The number of nitrogens with zero attached hydrogens (tertiary/aromatic N) is 2. The van der Waals surface area contributed by atoms with Crippen LogP contribution in [0.4, 0.5) is 0 Å². The molecule has 2 N–H and O–H groups in total. The van der Waals surface area contributed by atoms with Gasteiger partial charge in [0.15, 0.2) is 0 Å². The zero-order valence-electron chi connectivity index (χ0n) is 11.2. The molecule has 1 aromatic rings. The minimum atomic E-state index is -0.258. The lowest BCUT2D eigenvalue weighted by Gasteiger charge is -2.37. The first kappa shape index (κ1) is 14.5. The van der Waals surface area contributed by atoms with E-state index >= 15 is 0 Å². The number of hydrogen-bond acceptors (Lipinski definition) is 4. The highest BCUT2D eigenvalue weighted by Gasteiger charge is 2.30. The van der Waals surface area contributed by atoms with Crippen molar-refractivity contribution in [1.29, 1.82) is 0 Å². The van der Waals surface area contributed by atoms with Crippen LogP contribution in [0.5, 0.6) is 0 Å². The molecule has 0 radical (unpaired) electrons. The molecule has 0 unspecified atom stereocenters. The summed E-state index contributed by atoms with van der Waals surface area (Å²) in [6.07, 6.45) is 4.60. The van der Waals surface area contributed by atoms with Crippen LogP contribution in [0.3, 0.4) is 0 Å². The summed E-state index contributed by atoms with van der Waals surface area (Å²) in [5.41, 5.74) is 0.794. The van der Waals surface area contributed by atoms with Gasteiger partial charge in [-0.15, -0.1) is 0 Å². The Morgan fingerprint density at radius 3 is 2.85 bits per heavy atom. The van der Waals surface area contributed by atoms with Gasteiger partial charge in [-0.1, -0.05) is 11.8 Å². The highest BCUT2D eigenvalue weighted by Crippen LogP contribution is 2.26. The second-order valence-corrected chi connectivity index (χ2v) is 4.67. The van der Waals surface area contributed by atoms with E-state index in [0.29, 0.717) is 12.1 Å². The Balaban J connectivity index is 2.26. The maximum Gasteiger partial charge on any atom is 0.274 e. The van der Waals surface area contributed by atoms with Gasteiger partial charge in [-0.05, 0) is 31.4 Å². The third kappa shape index (κ3) is 3.16. The molecule has 106 valence electrons. The van der Waals surface area contributed by atoms with Gasteiger partial charge in [-0.25, -0.2) is 4.98 Å². The number of aromatic nitrogens is 1. The maximum absolute atomic E-state index is 12.6. The number of hydrogen-bond donors (Lipinski definition) is 2. The van der Waals surface area contributed by atoms with Crippen LogP contribution in [0.15, 0.2) is 18.3 Å². The number of carbonyl (C=O) groups is 1. The van der Waals surface area contributed by atoms with Crippen molar-refractivity contribution in [2.75, 3.05) is 19.8 Å². The molecular formula is C15H18N2O3. The Labute approximate surface area is 118 Å². The number of carbonyl (C=O) groups excluding carboxylic acids is 1. The lowest BCUT2D eigenvalue weighted by molar-refractivity contribution is 0.0519. The van der Waals surface area contributed by atoms with Crippen molar-refractivity contribution in [2.45, 2.75) is 25.3 Å². The fourth-order valence-corrected chi connectivity index (χ4v) is 2.20. The zero-order chi connectivity index (χ0) is 14.4. The molecule has 1 fully saturated rings. The fourth-order valence-electron chi connectivity index (χ4n) is 2.20. The summed E-state index contributed by atoms with van der Waals surface area (Å²) in [4.78, 5) is 18.4. The predicted molar refractivity (Wildman–Crippen MR) is 74.0 cm³/mol. The molecule has 1 aliphatic rings. The average molecular weight is 274 g/mol. The molecule has 0 saturated heterocycles. The van der Waals surface area contributed by atoms with Crippen molar-refractivity contribution in [3.05, 3.63) is 29.6 Å². The summed E-state index contributed by atoms with van der Waals surface area (Å²) >= 11 is 0. The molecular weight excluding hydrogens is 256 g/mol. The summed E-state index contributed by atoms with van der Waals surface area (Å²) < 4.78 is 0. The van der Waals surface area contributed by atoms with Gasteiger partial charge in [0.25, 0.3) is 5.91 Å². The van der Waals surface area contributed by atoms with Gasteiger partial charge in [0, 0.05) is 18.8 Å². The van der Waals surface area contributed by atoms with Crippen LogP contribution in [-0.2, 0) is 0 Å². The topological polar surface area (TPSA) is 73.7 Å². The van der Waals surface area contributed by atoms with E-state index in [2.05, 4.69) is 16.8 Å². The third-order valence-electron chi connectivity index (χ3n) is 3.43. The van der Waals surface area contributed by atoms with Crippen LogP contribution in [0.1, 0.15) is 35.3 Å². The Morgan fingerprint density at radius 1 is 1.45 bits per heavy atom. The van der Waals surface area contributed by atoms with E-state index in [0.717, 1.165) is 19.3 Å². The molecule has 1 aliphatic carbocycles. The van der Waals surface area contributed by atoms with Gasteiger partial charge in [0.05, 0.1) is 12.2 Å². The Kier molecular flexibility index (Phi) is 5.10. The first-order chi connectivity index (χ1) is 9.77. The molecule has 1 heterocycles. The van der Waals surface area contributed by atoms with E-state index in [1.165, 1.54) is 0 Å². The SMILES string of the molecule is O=C(c1ncccc1C#CCO)N(CCO)C1CCC1. The van der Waals surface area contributed by atoms with Gasteiger partial charge in [0.1, 0.15) is 12.3 Å². The fraction of sp³-hybridized carbons (Fsp3) is 0.467. The van der Waals surface area contributed by atoms with Gasteiger partial charge in [-0.2, -0.15) is 0 Å². The Bertz CT molecular complexity index is 529. The molecule has 2 rings (SSSR count). The van der Waals surface area contributed by atoms with E-state index in [1.807, 2.05) is 0 Å². The smallest absolute Gasteiger partial charge is 0.274 e. The molecule has 0 bridgehead atoms. The molecule has 0 aromatic carbocycles. The van der Waals surface area contributed by atoms with E-state index < -0.39 is 0 Å². The second-order valence-electron chi connectivity index (χ2n) is 4.67. The quantitative estimate of drug-likeness (QED) is 0.780. The summed E-state index contributed by atoms with van der Waals surface area (Å²) in [7, 11) is 0. The summed E-state index contributed by atoms with van der Waals surface area (Å²) in [5, 5.41) is 17.9. The van der Waals surface area contributed by atoms with E-state index in [4.69, 9.17) is 10.2 Å². The molecule has 0 atom stereocenters. The molecule has 0 spiro atoms. The van der Waals surface area contributed by atoms with Gasteiger partial charge < -0.3 is 15.1 Å². The highest BCUT2D eigenvalue weighted by atomic mass is 16.3. The number of aliphatic hydroxyl groups excluding tert-OH is 2. The minimum Gasteiger partial charge on any atom is -0.395 e. The van der Waals surface area contributed by atoms with E-state index in [1.54, 1.807) is 23.2 Å². The van der Waals surface area contributed by atoms with Gasteiger partial charge in [0.2, 0.25) is 0 Å². The summed E-state index contributed by atoms with van der Waals surface area (Å²) in [5.74, 6) is 5.07. The highest BCUT2D eigenvalue weighted by molar-refractivity contribution is 5.95. The first-order valence-corrected chi connectivity index (χ1v) is 6.74. The third-order valence-corrected chi connectivity index (χ3v) is 3.43. The van der Waals surface area contributed by atoms with Crippen LogP contribution >= 0.6 is 0 Å². The monoisotopic (exact) mass is 274 g/mol. The summed E-state index contributed by atoms with van der Waals surface area (Å²) in [6.45, 7) is -0.00876. The average Bonchev–Trinajstić information content (AvgIpc) is 2.42. The van der Waals surface area contributed by atoms with Crippen molar-refractivity contribution in [1.82, 2.24) is 9.88 Å². The molecule has 1 amide bonds. The minimum absolute atomic E-state index is 0.0628. The molecule has 0 aliphatic heterocycles. The van der Waals surface area contributed by atoms with Crippen molar-refractivity contribution < 1.29 is 15.0 Å². The number of rotatable bonds is 4. The van der Waals surface area contributed by atoms with Gasteiger partial charge >= 0.3 is 0 Å². The summed E-state index contributed by atoms with van der Waals surface area (Å²) in [6, 6.07) is 3.61. The lowest BCUT2D eigenvalue weighted by Crippen LogP contribution is -2.46. The lowest BCUT2D eigenvalue weighted by atomic mass is 9.91. The largest absolute Gasteiger partial charge is 0.395 e. The van der Waals surface area contributed by atoms with Crippen LogP contribution in [0, 0.1) is 11.8 Å². The van der Waals surface area contributed by atoms with E-state index in [9.17, 15) is 4.79 Å². The van der Waals surface area contributed by atoms with Crippen molar-refractivity contribution >= 4 is 5.91 Å². The van der Waals surface area contributed by atoms with Crippen LogP contribution < -0.4 is 0 Å². The molecule has 1 aromatic heterocycles.